The number of aliphatic hydroxyl groups excluding tert-OH is 1. The number of hydrogen-bond acceptors (Lipinski definition) is 7. The molecule has 3 unspecified atom stereocenters. The number of piperazine rings is 1. The average Bonchev–Trinajstić information content (AvgIpc) is 3.58. The van der Waals surface area contributed by atoms with Gasteiger partial charge in [-0.25, -0.2) is 14.3 Å². The minimum Gasteiger partial charge on any atom is -0.356 e. The largest absolute Gasteiger partial charge is 0.356 e. The van der Waals surface area contributed by atoms with Crippen molar-refractivity contribution >= 4 is 5.91 Å². The maximum absolute atomic E-state index is 14.1. The zero-order chi connectivity index (χ0) is 37.8. The summed E-state index contributed by atoms with van der Waals surface area (Å²) >= 11 is 0. The van der Waals surface area contributed by atoms with Crippen molar-refractivity contribution in [1.29, 1.82) is 0 Å². The van der Waals surface area contributed by atoms with Crippen molar-refractivity contribution in [3.05, 3.63) is 130 Å². The molecule has 1 aliphatic heterocycles. The Bertz CT molecular complexity index is 1900. The Morgan fingerprint density at radius 1 is 1.09 bits per heavy atom. The third kappa shape index (κ3) is 9.17. The van der Waals surface area contributed by atoms with E-state index in [4.69, 9.17) is 9.72 Å². The standard InChI is InChI=1S/C44H55FN6O3/c1-31-9-17-39-34(25-31)12-13-35-26-36(33-7-5-8-33)27-47-41(35)42(39)50-23-24-51(43(53)54-44(2,3)4)38(29-50)16-18-40(52)49(21-6-20-48-22-19-46-30-48)28-32-10-14-37(45)15-11-32/h9-11,14-19,22,25-27,30,33,38,42-43,53H,5-8,12-13,20-21,23-24,28-29H2,1-4H3/b18-16+. The third-order valence-corrected chi connectivity index (χ3v) is 11.2. The van der Waals surface area contributed by atoms with Crippen LogP contribution in [0, 0.1) is 12.7 Å². The first-order valence-corrected chi connectivity index (χ1v) is 19.6. The smallest absolute Gasteiger partial charge is 0.246 e. The Labute approximate surface area is 319 Å². The normalized spacial score (nSPS) is 20.3. The minimum absolute atomic E-state index is 0.0545. The second kappa shape index (κ2) is 16.7. The lowest BCUT2D eigenvalue weighted by molar-refractivity contribution is -0.251. The highest BCUT2D eigenvalue weighted by Crippen LogP contribution is 2.41. The van der Waals surface area contributed by atoms with Gasteiger partial charge in [-0.15, -0.1) is 0 Å². The van der Waals surface area contributed by atoms with Crippen molar-refractivity contribution in [1.82, 2.24) is 29.2 Å². The number of aliphatic hydroxyl groups is 1. The summed E-state index contributed by atoms with van der Waals surface area (Å²) in [6.45, 7) is 11.3. The van der Waals surface area contributed by atoms with Crippen LogP contribution in [0.4, 0.5) is 4.39 Å². The summed E-state index contributed by atoms with van der Waals surface area (Å²) < 4.78 is 21.9. The number of halogens is 1. The van der Waals surface area contributed by atoms with Crippen molar-refractivity contribution in [3.63, 3.8) is 0 Å². The van der Waals surface area contributed by atoms with Crippen LogP contribution in [0.5, 0.6) is 0 Å². The predicted molar refractivity (Wildman–Crippen MR) is 208 cm³/mol. The Hall–Kier alpha value is -4.22. The Morgan fingerprint density at radius 3 is 2.61 bits per heavy atom. The molecule has 3 atom stereocenters. The lowest BCUT2D eigenvalue weighted by Crippen LogP contribution is -2.58. The number of amides is 1. The number of aryl methyl sites for hydroxylation is 4. The number of carbonyl (C=O) groups is 1. The van der Waals surface area contributed by atoms with Gasteiger partial charge in [0.25, 0.3) is 0 Å². The lowest BCUT2D eigenvalue weighted by Gasteiger charge is -2.46. The molecule has 1 saturated heterocycles. The van der Waals surface area contributed by atoms with Crippen LogP contribution in [0.3, 0.4) is 0 Å². The summed E-state index contributed by atoms with van der Waals surface area (Å²) in [5.41, 5.74) is 7.98. The molecule has 10 heteroatoms. The highest BCUT2D eigenvalue weighted by atomic mass is 19.1. The molecular formula is C44H55FN6O3. The first-order valence-electron chi connectivity index (χ1n) is 19.6. The zero-order valence-electron chi connectivity index (χ0n) is 32.2. The fourth-order valence-corrected chi connectivity index (χ4v) is 8.10. The summed E-state index contributed by atoms with van der Waals surface area (Å²) in [6, 6.07) is 15.2. The van der Waals surface area contributed by atoms with Gasteiger partial charge < -0.3 is 19.3 Å². The number of benzene rings is 2. The molecule has 2 aromatic heterocycles. The van der Waals surface area contributed by atoms with E-state index in [0.29, 0.717) is 38.6 Å². The van der Waals surface area contributed by atoms with Gasteiger partial charge in [-0.05, 0) is 106 Å². The highest BCUT2D eigenvalue weighted by molar-refractivity contribution is 5.87. The fraction of sp³-hybridized carbons (Fsp3) is 0.477. The molecule has 3 heterocycles. The van der Waals surface area contributed by atoms with Crippen LogP contribution in [0.15, 0.2) is 85.6 Å². The van der Waals surface area contributed by atoms with Gasteiger partial charge in [-0.3, -0.25) is 14.7 Å². The van der Waals surface area contributed by atoms with Crippen LogP contribution in [-0.4, -0.2) is 84.5 Å². The topological polar surface area (TPSA) is 87.0 Å². The molecule has 286 valence electrons. The molecule has 3 aliphatic rings. The quantitative estimate of drug-likeness (QED) is 0.125. The van der Waals surface area contributed by atoms with Gasteiger partial charge >= 0.3 is 0 Å². The first kappa shape index (κ1) is 38.1. The molecule has 0 spiro atoms. The zero-order valence-corrected chi connectivity index (χ0v) is 32.2. The number of fused-ring (bicyclic) bond motifs is 2. The predicted octanol–water partition coefficient (Wildman–Crippen LogP) is 6.93. The number of rotatable bonds is 12. The van der Waals surface area contributed by atoms with E-state index in [0.717, 1.165) is 37.1 Å². The molecular weight excluding hydrogens is 680 g/mol. The number of pyridine rings is 1. The van der Waals surface area contributed by atoms with E-state index in [-0.39, 0.29) is 23.8 Å². The first-order chi connectivity index (χ1) is 26.0. The van der Waals surface area contributed by atoms with E-state index in [2.05, 4.69) is 47.3 Å². The van der Waals surface area contributed by atoms with E-state index in [1.54, 1.807) is 35.6 Å². The van der Waals surface area contributed by atoms with E-state index >= 15 is 0 Å². The monoisotopic (exact) mass is 734 g/mol. The molecule has 4 aromatic rings. The summed E-state index contributed by atoms with van der Waals surface area (Å²) in [4.78, 5) is 29.7. The maximum Gasteiger partial charge on any atom is 0.246 e. The summed E-state index contributed by atoms with van der Waals surface area (Å²) in [6.07, 6.45) is 16.4. The second-order valence-corrected chi connectivity index (χ2v) is 16.3. The third-order valence-electron chi connectivity index (χ3n) is 11.2. The summed E-state index contributed by atoms with van der Waals surface area (Å²) in [5, 5.41) is 11.5. The molecule has 1 saturated carbocycles. The second-order valence-electron chi connectivity index (χ2n) is 16.3. The summed E-state index contributed by atoms with van der Waals surface area (Å²) in [5.74, 6) is 0.166. The van der Waals surface area contributed by atoms with Gasteiger partial charge in [0.2, 0.25) is 12.3 Å². The molecule has 9 nitrogen and oxygen atoms in total. The number of aromatic nitrogens is 3. The number of hydrogen-bond donors (Lipinski definition) is 1. The molecule has 1 N–H and O–H groups in total. The highest BCUT2D eigenvalue weighted by Gasteiger charge is 2.38. The van der Waals surface area contributed by atoms with Gasteiger partial charge in [0.1, 0.15) is 5.82 Å². The van der Waals surface area contributed by atoms with E-state index < -0.39 is 12.0 Å². The van der Waals surface area contributed by atoms with Crippen LogP contribution < -0.4 is 0 Å². The van der Waals surface area contributed by atoms with Crippen LogP contribution in [0.1, 0.15) is 97.5 Å². The van der Waals surface area contributed by atoms with Gasteiger partial charge in [0, 0.05) is 70.0 Å². The van der Waals surface area contributed by atoms with E-state index in [1.807, 2.05) is 42.5 Å². The molecule has 2 aromatic carbocycles. The Kier molecular flexibility index (Phi) is 11.7. The van der Waals surface area contributed by atoms with Gasteiger partial charge in [0.15, 0.2) is 0 Å². The van der Waals surface area contributed by atoms with Crippen molar-refractivity contribution in [2.24, 2.45) is 0 Å². The van der Waals surface area contributed by atoms with Crippen LogP contribution in [-0.2, 0) is 35.5 Å². The number of ether oxygens (including phenoxy) is 1. The van der Waals surface area contributed by atoms with E-state index in [1.165, 1.54) is 59.2 Å². The van der Waals surface area contributed by atoms with Crippen LogP contribution >= 0.6 is 0 Å². The number of imidazole rings is 1. The van der Waals surface area contributed by atoms with Crippen LogP contribution in [0.2, 0.25) is 0 Å². The summed E-state index contributed by atoms with van der Waals surface area (Å²) in [7, 11) is 0. The molecule has 0 radical (unpaired) electrons. The molecule has 2 aliphatic carbocycles. The van der Waals surface area contributed by atoms with Crippen molar-refractivity contribution in [2.45, 2.75) is 109 Å². The lowest BCUT2D eigenvalue weighted by atomic mass is 9.80. The SMILES string of the molecule is Cc1ccc2c(c1)CCc1cc(C3CCC3)cnc1C2N1CCN(C(O)OC(C)(C)C)C(/C=C/C(=O)N(CCCn2ccnc2)Cc2ccc(F)cc2)C1. The Morgan fingerprint density at radius 2 is 1.89 bits per heavy atom. The average molecular weight is 735 g/mol. The molecule has 54 heavy (non-hydrogen) atoms. The molecule has 2 fully saturated rings. The maximum atomic E-state index is 14.1. The molecule has 0 bridgehead atoms. The number of nitrogens with zero attached hydrogens (tertiary/aromatic N) is 6. The molecule has 1 amide bonds. The fourth-order valence-electron chi connectivity index (χ4n) is 8.10. The van der Waals surface area contributed by atoms with Gasteiger partial charge in [-0.2, -0.15) is 0 Å². The van der Waals surface area contributed by atoms with E-state index in [9.17, 15) is 14.3 Å². The van der Waals surface area contributed by atoms with Crippen molar-refractivity contribution in [3.8, 4) is 0 Å². The van der Waals surface area contributed by atoms with Gasteiger partial charge in [-0.1, -0.05) is 54.5 Å². The Balaban J connectivity index is 1.18. The molecule has 7 rings (SSSR count). The van der Waals surface area contributed by atoms with Crippen molar-refractivity contribution < 1.29 is 19.0 Å². The minimum atomic E-state index is -1.15. The van der Waals surface area contributed by atoms with Gasteiger partial charge in [0.05, 0.1) is 23.7 Å². The number of carbonyl (C=O) groups excluding carboxylic acids is 1. The van der Waals surface area contributed by atoms with Crippen LogP contribution in [0.25, 0.3) is 0 Å². The van der Waals surface area contributed by atoms with Crippen molar-refractivity contribution in [2.75, 3.05) is 26.2 Å².